The predicted molar refractivity (Wildman–Crippen MR) is 49.2 cm³/mol. The molecule has 0 spiro atoms. The molecule has 0 aromatic rings. The van der Waals surface area contributed by atoms with Crippen molar-refractivity contribution < 1.29 is 40.7 Å². The van der Waals surface area contributed by atoms with Crippen LogP contribution in [0.5, 0.6) is 0 Å². The van der Waals surface area contributed by atoms with E-state index in [1.165, 1.54) is 0 Å². The molecule has 12 heavy (non-hydrogen) atoms. The summed E-state index contributed by atoms with van der Waals surface area (Å²) in [5.74, 6) is 0. The second kappa shape index (κ2) is 7.25. The molecule has 0 bridgehead atoms. The van der Waals surface area contributed by atoms with Crippen molar-refractivity contribution in [2.45, 2.75) is 45.6 Å². The fraction of sp³-hybridized carbons (Fsp3) is 0.889. The summed E-state index contributed by atoms with van der Waals surface area (Å²) in [6.07, 6.45) is 2.56. The molecule has 0 aromatic carbocycles. The minimum atomic E-state index is -0.649. The van der Waals surface area contributed by atoms with Crippen molar-refractivity contribution in [3.05, 3.63) is 0 Å². The van der Waals surface area contributed by atoms with E-state index >= 15 is 0 Å². The number of hydrogen-bond acceptors (Lipinski definition) is 2. The van der Waals surface area contributed by atoms with Crippen molar-refractivity contribution >= 4 is 5.71 Å². The van der Waals surface area contributed by atoms with Crippen LogP contribution in [0.15, 0.2) is 4.99 Å². The molecule has 0 aliphatic carbocycles. The first-order chi connectivity index (χ1) is 5.10. The van der Waals surface area contributed by atoms with Crippen LogP contribution in [0, 0.1) is 35.6 Å². The minimum absolute atomic E-state index is 0. The summed E-state index contributed by atoms with van der Waals surface area (Å²) in [4.78, 5) is 4.02. The van der Waals surface area contributed by atoms with Crippen molar-refractivity contribution in [2.24, 2.45) is 4.99 Å². The fourth-order valence-corrected chi connectivity index (χ4v) is 1.24. The van der Waals surface area contributed by atoms with Gasteiger partial charge in [-0.05, 0) is 19.8 Å². The zero-order valence-corrected chi connectivity index (χ0v) is 12.2. The molecule has 1 radical (unpaired) electrons. The molecule has 1 atom stereocenters. The topological polar surface area (TPSA) is 32.6 Å². The Morgan fingerprint density at radius 1 is 1.42 bits per heavy atom. The Bertz CT molecular complexity index is 147. The zero-order valence-electron chi connectivity index (χ0n) is 8.59. The Kier molecular flexibility index (Phi) is 9.25. The molecular formula is C9H19LaNO. The van der Waals surface area contributed by atoms with Gasteiger partial charge in [0.25, 0.3) is 0 Å². The van der Waals surface area contributed by atoms with Gasteiger partial charge in [0, 0.05) is 48.4 Å². The smallest absolute Gasteiger partial charge is 0.102 e. The van der Waals surface area contributed by atoms with E-state index in [0.717, 1.165) is 25.0 Å². The maximum absolute atomic E-state index is 9.96. The van der Waals surface area contributed by atoms with Crippen LogP contribution in [0.3, 0.4) is 0 Å². The number of rotatable bonds is 4. The molecule has 0 aliphatic heterocycles. The van der Waals surface area contributed by atoms with Gasteiger partial charge in [-0.2, -0.15) is 0 Å². The molecule has 3 heteroatoms. The van der Waals surface area contributed by atoms with Crippen molar-refractivity contribution in [3.8, 4) is 0 Å². The maximum atomic E-state index is 9.96. The normalized spacial score (nSPS) is 16.6. The van der Waals surface area contributed by atoms with Crippen LogP contribution < -0.4 is 0 Å². The van der Waals surface area contributed by atoms with E-state index in [2.05, 4.69) is 11.9 Å². The largest absolute Gasteiger partial charge is 0.384 e. The van der Waals surface area contributed by atoms with Gasteiger partial charge in [-0.25, -0.2) is 0 Å². The van der Waals surface area contributed by atoms with Crippen molar-refractivity contribution in [1.82, 2.24) is 0 Å². The van der Waals surface area contributed by atoms with Crippen LogP contribution in [0.25, 0.3) is 0 Å². The van der Waals surface area contributed by atoms with Gasteiger partial charge in [-0.15, -0.1) is 0 Å². The first-order valence-corrected chi connectivity index (χ1v) is 4.27. The van der Waals surface area contributed by atoms with Crippen molar-refractivity contribution in [2.75, 3.05) is 7.05 Å². The Hall–Kier alpha value is 0.825. The van der Waals surface area contributed by atoms with E-state index < -0.39 is 5.60 Å². The summed E-state index contributed by atoms with van der Waals surface area (Å²) >= 11 is 0. The van der Waals surface area contributed by atoms with E-state index in [-0.39, 0.29) is 35.6 Å². The molecule has 0 saturated carbocycles. The monoisotopic (exact) mass is 296 g/mol. The van der Waals surface area contributed by atoms with E-state index in [1.54, 1.807) is 7.05 Å². The quantitative estimate of drug-likeness (QED) is 0.791. The molecule has 0 heterocycles. The molecule has 0 aliphatic rings. The number of aliphatic imine (C=N–C) groups is 1. The maximum Gasteiger partial charge on any atom is 0.102 e. The van der Waals surface area contributed by atoms with Gasteiger partial charge in [0.05, 0.1) is 0 Å². The van der Waals surface area contributed by atoms with Crippen LogP contribution >= 0.6 is 0 Å². The molecule has 2 nitrogen and oxygen atoms in total. The summed E-state index contributed by atoms with van der Waals surface area (Å²) in [6.45, 7) is 5.95. The second-order valence-electron chi connectivity index (χ2n) is 2.94. The fourth-order valence-electron chi connectivity index (χ4n) is 1.24. The third-order valence-electron chi connectivity index (χ3n) is 2.26. The molecular weight excluding hydrogens is 277 g/mol. The second-order valence-corrected chi connectivity index (χ2v) is 2.94. The first kappa shape index (κ1) is 15.3. The Labute approximate surface area is 103 Å². The summed E-state index contributed by atoms with van der Waals surface area (Å²) in [5, 5.41) is 9.96. The molecule has 1 unspecified atom stereocenters. The summed E-state index contributed by atoms with van der Waals surface area (Å²) in [5.41, 5.74) is 0.200. The van der Waals surface area contributed by atoms with Crippen LogP contribution in [0.4, 0.5) is 0 Å². The van der Waals surface area contributed by atoms with Crippen LogP contribution in [0.1, 0.15) is 40.0 Å². The molecule has 0 rings (SSSR count). The first-order valence-electron chi connectivity index (χ1n) is 4.27. The average molecular weight is 296 g/mol. The molecule has 69 valence electrons. The number of aliphatic hydroxyl groups is 1. The van der Waals surface area contributed by atoms with Gasteiger partial charge >= 0.3 is 0 Å². The molecule has 0 saturated heterocycles. The molecule has 0 fully saturated rings. The van der Waals surface area contributed by atoms with Gasteiger partial charge in [0.1, 0.15) is 5.60 Å². The van der Waals surface area contributed by atoms with E-state index in [0.29, 0.717) is 0 Å². The van der Waals surface area contributed by atoms with E-state index in [4.69, 9.17) is 0 Å². The number of nitrogens with zero attached hydrogens (tertiary/aromatic N) is 1. The third-order valence-corrected chi connectivity index (χ3v) is 2.26. The van der Waals surface area contributed by atoms with E-state index in [9.17, 15) is 5.11 Å². The molecule has 0 aromatic heterocycles. The van der Waals surface area contributed by atoms with E-state index in [1.807, 2.05) is 13.8 Å². The predicted octanol–water partition coefficient (Wildman–Crippen LogP) is 2.02. The average Bonchev–Trinajstić information content (AvgIpc) is 2.03. The summed E-state index contributed by atoms with van der Waals surface area (Å²) < 4.78 is 0. The van der Waals surface area contributed by atoms with Gasteiger partial charge < -0.3 is 5.11 Å². The third kappa shape index (κ3) is 4.17. The zero-order chi connectivity index (χ0) is 8.91. The number of hydrogen-bond donors (Lipinski definition) is 1. The van der Waals surface area contributed by atoms with Gasteiger partial charge in [-0.3, -0.25) is 4.99 Å². The standard InChI is InChI=1S/C9H19NO.La/c1-5-7-9(11,6-2)8(3)10-4;/h11H,5-7H2,1-4H3;. The van der Waals surface area contributed by atoms with Crippen molar-refractivity contribution in [3.63, 3.8) is 0 Å². The Morgan fingerprint density at radius 2 is 1.92 bits per heavy atom. The SMILES string of the molecule is CCCC(O)(CC)C(C)=NC.[La]. The Morgan fingerprint density at radius 3 is 2.17 bits per heavy atom. The summed E-state index contributed by atoms with van der Waals surface area (Å²) in [6, 6.07) is 0. The van der Waals surface area contributed by atoms with Crippen LogP contribution in [0.2, 0.25) is 0 Å². The Balaban J connectivity index is 0. The van der Waals surface area contributed by atoms with Gasteiger partial charge in [-0.1, -0.05) is 20.3 Å². The van der Waals surface area contributed by atoms with Crippen LogP contribution in [-0.2, 0) is 0 Å². The molecule has 1 N–H and O–H groups in total. The van der Waals surface area contributed by atoms with Gasteiger partial charge in [0.15, 0.2) is 0 Å². The van der Waals surface area contributed by atoms with Crippen LogP contribution in [-0.4, -0.2) is 23.5 Å². The summed E-state index contributed by atoms with van der Waals surface area (Å²) in [7, 11) is 1.73. The minimum Gasteiger partial charge on any atom is -0.384 e. The van der Waals surface area contributed by atoms with Gasteiger partial charge in [0.2, 0.25) is 0 Å². The molecule has 0 amide bonds. The van der Waals surface area contributed by atoms with Crippen molar-refractivity contribution in [1.29, 1.82) is 0 Å².